The maximum atomic E-state index is 13.8. The third-order valence-corrected chi connectivity index (χ3v) is 5.95. The lowest BCUT2D eigenvalue weighted by molar-refractivity contribution is -0.147. The van der Waals surface area contributed by atoms with Crippen molar-refractivity contribution in [3.8, 4) is 0 Å². The quantitative estimate of drug-likeness (QED) is 0.409. The highest BCUT2D eigenvalue weighted by Crippen LogP contribution is 2.45. The number of fused-ring (bicyclic) bond motifs is 1. The van der Waals surface area contributed by atoms with Crippen LogP contribution in [0.25, 0.3) is 10.8 Å². The summed E-state index contributed by atoms with van der Waals surface area (Å²) in [5.41, 5.74) is 0.765. The monoisotopic (exact) mass is 439 g/mol. The van der Waals surface area contributed by atoms with Crippen LogP contribution < -0.4 is 5.32 Å². The van der Waals surface area contributed by atoms with Gasteiger partial charge in [0.2, 0.25) is 0 Å². The zero-order valence-electron chi connectivity index (χ0n) is 18.5. The number of esters is 1. The van der Waals surface area contributed by atoms with Gasteiger partial charge in [0.15, 0.2) is 0 Å². The van der Waals surface area contributed by atoms with Crippen molar-refractivity contribution < 1.29 is 19.1 Å². The Kier molecular flexibility index (Phi) is 6.41. The lowest BCUT2D eigenvalue weighted by Crippen LogP contribution is -2.50. The van der Waals surface area contributed by atoms with Crippen LogP contribution in [0.2, 0.25) is 0 Å². The van der Waals surface area contributed by atoms with E-state index in [2.05, 4.69) is 5.32 Å². The maximum Gasteiger partial charge on any atom is 0.407 e. The molecule has 0 saturated carbocycles. The van der Waals surface area contributed by atoms with E-state index in [0.717, 1.165) is 16.3 Å². The molecule has 1 atom stereocenters. The van der Waals surface area contributed by atoms with Crippen molar-refractivity contribution in [1.82, 2.24) is 5.32 Å². The highest BCUT2D eigenvalue weighted by Gasteiger charge is 2.51. The van der Waals surface area contributed by atoms with Crippen LogP contribution in [-0.4, -0.2) is 26.3 Å². The van der Waals surface area contributed by atoms with Crippen molar-refractivity contribution in [3.05, 3.63) is 120 Å². The molecule has 1 unspecified atom stereocenters. The average molecular weight is 440 g/mol. The molecular formula is C28H25NO4. The van der Waals surface area contributed by atoms with Crippen LogP contribution in [0, 0.1) is 0 Å². The maximum absolute atomic E-state index is 13.8. The number of nitrogens with one attached hydrogen (secondary N) is 1. The van der Waals surface area contributed by atoms with Crippen LogP contribution in [0.4, 0.5) is 4.79 Å². The molecular weight excluding hydrogens is 414 g/mol. The summed E-state index contributed by atoms with van der Waals surface area (Å²) in [7, 11) is 2.66. The number of rotatable bonds is 6. The Morgan fingerprint density at radius 2 is 1.24 bits per heavy atom. The largest absolute Gasteiger partial charge is 0.468 e. The van der Waals surface area contributed by atoms with Crippen molar-refractivity contribution in [1.29, 1.82) is 0 Å². The summed E-state index contributed by atoms with van der Waals surface area (Å²) in [5.74, 6) is -0.491. The standard InChI is InChI=1S/C28H25NO4/c1-32-26(30)28(23-13-5-3-6-14-23,24-15-7-4-8-16-24)25(29-27(31)33-2)22-18-17-20-11-9-10-12-21(20)19-22/h3-19,25H,1-2H3,(H,29,31). The number of alkyl carbamates (subject to hydrolysis) is 1. The van der Waals surface area contributed by atoms with Crippen LogP contribution in [0.3, 0.4) is 0 Å². The molecule has 4 aromatic carbocycles. The van der Waals surface area contributed by atoms with Crippen molar-refractivity contribution in [2.75, 3.05) is 14.2 Å². The van der Waals surface area contributed by atoms with Crippen LogP contribution >= 0.6 is 0 Å². The van der Waals surface area contributed by atoms with Crippen LogP contribution in [0.5, 0.6) is 0 Å². The first kappa shape index (κ1) is 22.1. The summed E-state index contributed by atoms with van der Waals surface area (Å²) < 4.78 is 10.4. The molecule has 4 rings (SSSR count). The van der Waals surface area contributed by atoms with Gasteiger partial charge in [-0.2, -0.15) is 0 Å². The molecule has 0 radical (unpaired) electrons. The summed E-state index contributed by atoms with van der Waals surface area (Å²) >= 11 is 0. The molecule has 5 nitrogen and oxygen atoms in total. The molecule has 166 valence electrons. The molecule has 0 heterocycles. The lowest BCUT2D eigenvalue weighted by atomic mass is 9.66. The number of hydrogen-bond acceptors (Lipinski definition) is 4. The molecule has 4 aromatic rings. The predicted molar refractivity (Wildman–Crippen MR) is 128 cm³/mol. The number of benzene rings is 4. The van der Waals surface area contributed by atoms with E-state index in [1.807, 2.05) is 103 Å². The van der Waals surface area contributed by atoms with Crippen LogP contribution in [0.1, 0.15) is 22.7 Å². The summed E-state index contributed by atoms with van der Waals surface area (Å²) in [6.07, 6.45) is -0.645. The van der Waals surface area contributed by atoms with E-state index < -0.39 is 23.5 Å². The van der Waals surface area contributed by atoms with Gasteiger partial charge in [-0.15, -0.1) is 0 Å². The third-order valence-electron chi connectivity index (χ3n) is 5.95. The van der Waals surface area contributed by atoms with Crippen LogP contribution in [0.15, 0.2) is 103 Å². The van der Waals surface area contributed by atoms with E-state index in [0.29, 0.717) is 11.1 Å². The van der Waals surface area contributed by atoms with E-state index in [4.69, 9.17) is 9.47 Å². The molecule has 0 fully saturated rings. The molecule has 1 N–H and O–H groups in total. The average Bonchev–Trinajstić information content (AvgIpc) is 2.89. The fourth-order valence-corrected chi connectivity index (χ4v) is 4.42. The van der Waals surface area contributed by atoms with Gasteiger partial charge in [-0.05, 0) is 33.5 Å². The van der Waals surface area contributed by atoms with Gasteiger partial charge in [-0.3, -0.25) is 4.79 Å². The Morgan fingerprint density at radius 3 is 1.79 bits per heavy atom. The Bertz CT molecular complexity index is 1220. The highest BCUT2D eigenvalue weighted by atomic mass is 16.5. The highest BCUT2D eigenvalue weighted by molar-refractivity contribution is 5.91. The van der Waals surface area contributed by atoms with E-state index in [9.17, 15) is 9.59 Å². The zero-order chi connectivity index (χ0) is 23.3. The van der Waals surface area contributed by atoms with E-state index in [-0.39, 0.29) is 0 Å². The second-order valence-corrected chi connectivity index (χ2v) is 7.71. The van der Waals surface area contributed by atoms with Crippen molar-refractivity contribution in [3.63, 3.8) is 0 Å². The minimum absolute atomic E-state index is 0.491. The van der Waals surface area contributed by atoms with Gasteiger partial charge in [0.25, 0.3) is 0 Å². The second-order valence-electron chi connectivity index (χ2n) is 7.71. The number of ether oxygens (including phenoxy) is 2. The summed E-state index contributed by atoms with van der Waals surface area (Å²) in [4.78, 5) is 26.4. The fourth-order valence-electron chi connectivity index (χ4n) is 4.42. The summed E-state index contributed by atoms with van der Waals surface area (Å²) in [6.45, 7) is 0. The van der Waals surface area contributed by atoms with Crippen molar-refractivity contribution in [2.24, 2.45) is 0 Å². The summed E-state index contributed by atoms with van der Waals surface area (Å²) in [5, 5.41) is 4.99. The van der Waals surface area contributed by atoms with E-state index in [1.54, 1.807) is 0 Å². The Balaban J connectivity index is 2.06. The molecule has 0 aromatic heterocycles. The lowest BCUT2D eigenvalue weighted by Gasteiger charge is -2.39. The van der Waals surface area contributed by atoms with Crippen molar-refractivity contribution in [2.45, 2.75) is 11.5 Å². The first-order valence-electron chi connectivity index (χ1n) is 10.6. The predicted octanol–water partition coefficient (Wildman–Crippen LogP) is 5.40. The molecule has 0 bridgehead atoms. The van der Waals surface area contributed by atoms with Gasteiger partial charge in [-0.25, -0.2) is 4.79 Å². The number of carbonyl (C=O) groups is 2. The van der Waals surface area contributed by atoms with Crippen molar-refractivity contribution >= 4 is 22.8 Å². The minimum Gasteiger partial charge on any atom is -0.468 e. The number of hydrogen-bond donors (Lipinski definition) is 1. The smallest absolute Gasteiger partial charge is 0.407 e. The fraction of sp³-hybridized carbons (Fsp3) is 0.143. The van der Waals surface area contributed by atoms with Gasteiger partial charge in [0, 0.05) is 0 Å². The topological polar surface area (TPSA) is 64.6 Å². The molecule has 0 aliphatic heterocycles. The molecule has 0 saturated heterocycles. The van der Waals surface area contributed by atoms with Crippen LogP contribution in [-0.2, 0) is 19.7 Å². The van der Waals surface area contributed by atoms with Gasteiger partial charge in [0.1, 0.15) is 5.41 Å². The van der Waals surface area contributed by atoms with Gasteiger partial charge in [0.05, 0.1) is 20.3 Å². The number of carbonyl (C=O) groups excluding carboxylic acids is 2. The van der Waals surface area contributed by atoms with Gasteiger partial charge >= 0.3 is 12.1 Å². The molecule has 5 heteroatoms. The SMILES string of the molecule is COC(=O)NC(c1ccc2ccccc2c1)C(C(=O)OC)(c1ccccc1)c1ccccc1. The Labute approximate surface area is 193 Å². The molecule has 33 heavy (non-hydrogen) atoms. The first-order valence-corrected chi connectivity index (χ1v) is 10.6. The molecule has 0 spiro atoms. The molecule has 0 aliphatic rings. The Hall–Kier alpha value is -4.12. The molecule has 0 aliphatic carbocycles. The zero-order valence-corrected chi connectivity index (χ0v) is 18.5. The number of amides is 1. The van der Waals surface area contributed by atoms with E-state index >= 15 is 0 Å². The molecule has 1 amide bonds. The normalized spacial score (nSPS) is 12.1. The number of methoxy groups -OCH3 is 2. The van der Waals surface area contributed by atoms with E-state index in [1.165, 1.54) is 14.2 Å². The van der Waals surface area contributed by atoms with Gasteiger partial charge in [-0.1, -0.05) is 97.1 Å². The van der Waals surface area contributed by atoms with Gasteiger partial charge < -0.3 is 14.8 Å². The minimum atomic E-state index is -1.37. The first-order chi connectivity index (χ1) is 16.1. The third kappa shape index (κ3) is 4.05. The summed E-state index contributed by atoms with van der Waals surface area (Å²) in [6, 6.07) is 31.7. The second kappa shape index (κ2) is 9.57. The Morgan fingerprint density at radius 1 is 0.697 bits per heavy atom.